The van der Waals surface area contributed by atoms with Gasteiger partial charge in [-0.3, -0.25) is 0 Å². The van der Waals surface area contributed by atoms with Crippen molar-refractivity contribution in [1.82, 2.24) is 10.6 Å². The van der Waals surface area contributed by atoms with Crippen LogP contribution in [0.25, 0.3) is 0 Å². The van der Waals surface area contributed by atoms with E-state index < -0.39 is 9.84 Å². The Kier molecular flexibility index (Phi) is 7.28. The minimum Gasteiger partial charge on any atom is -0.356 e. The van der Waals surface area contributed by atoms with Crippen LogP contribution in [0.5, 0.6) is 0 Å². The number of rotatable bonds is 5. The number of sulfone groups is 1. The molecule has 4 unspecified atom stereocenters. The lowest BCUT2D eigenvalue weighted by Crippen LogP contribution is -2.47. The zero-order chi connectivity index (χ0) is 18.9. The largest absolute Gasteiger partial charge is 0.356 e. The molecule has 1 aliphatic heterocycles. The van der Waals surface area contributed by atoms with Crippen LogP contribution in [-0.4, -0.2) is 38.5 Å². The predicted molar refractivity (Wildman–Crippen MR) is 125 cm³/mol. The maximum atomic E-state index is 11.7. The number of hydrogen-bond donors (Lipinski definition) is 2. The van der Waals surface area contributed by atoms with E-state index in [0.717, 1.165) is 24.2 Å². The van der Waals surface area contributed by atoms with Gasteiger partial charge in [0.05, 0.1) is 18.1 Å². The van der Waals surface area contributed by atoms with E-state index in [-0.39, 0.29) is 29.9 Å². The fourth-order valence-electron chi connectivity index (χ4n) is 5.00. The summed E-state index contributed by atoms with van der Waals surface area (Å²) in [6, 6.07) is 8.96. The van der Waals surface area contributed by atoms with Crippen molar-refractivity contribution in [1.29, 1.82) is 0 Å². The molecule has 0 amide bonds. The van der Waals surface area contributed by atoms with Gasteiger partial charge in [-0.25, -0.2) is 13.4 Å². The molecular weight excluding hydrogens is 485 g/mol. The molecule has 4 rings (SSSR count). The molecule has 2 saturated carbocycles. The standard InChI is InChI=1S/C21H31N3O2S.HI/c1-15-3-2-4-17(9-15)12-22-21(23-13-18-7-8-27(25,26)14-18)24-20-11-16-5-6-19(20)10-16;/h2-4,9,16,18-20H,5-8,10-14H2,1H3,(H2,22,23,24);1H. The van der Waals surface area contributed by atoms with Crippen molar-refractivity contribution in [3.8, 4) is 0 Å². The molecule has 7 heteroatoms. The second-order valence-corrected chi connectivity index (χ2v) is 11.0. The zero-order valence-corrected chi connectivity index (χ0v) is 19.7. The van der Waals surface area contributed by atoms with Gasteiger partial charge in [-0.15, -0.1) is 24.0 Å². The van der Waals surface area contributed by atoms with Crippen LogP contribution >= 0.6 is 24.0 Å². The minimum atomic E-state index is -2.83. The summed E-state index contributed by atoms with van der Waals surface area (Å²) in [5.41, 5.74) is 2.45. The van der Waals surface area contributed by atoms with E-state index in [1.807, 2.05) is 0 Å². The number of aryl methyl sites for hydroxylation is 1. The highest BCUT2D eigenvalue weighted by molar-refractivity contribution is 14.0. The van der Waals surface area contributed by atoms with Crippen LogP contribution in [0.2, 0.25) is 0 Å². The normalized spacial score (nSPS) is 30.8. The van der Waals surface area contributed by atoms with Crippen molar-refractivity contribution in [2.45, 2.75) is 51.6 Å². The van der Waals surface area contributed by atoms with Crippen LogP contribution in [0.3, 0.4) is 0 Å². The number of aliphatic imine (C=N–C) groups is 1. The lowest BCUT2D eigenvalue weighted by molar-refractivity contribution is 0.386. The molecule has 28 heavy (non-hydrogen) atoms. The van der Waals surface area contributed by atoms with E-state index in [1.165, 1.54) is 36.8 Å². The second-order valence-electron chi connectivity index (χ2n) is 8.73. The van der Waals surface area contributed by atoms with Gasteiger partial charge in [-0.1, -0.05) is 36.2 Å². The molecule has 0 spiro atoms. The average Bonchev–Trinajstić information content (AvgIpc) is 3.33. The first-order valence-corrected chi connectivity index (χ1v) is 12.1. The van der Waals surface area contributed by atoms with Crippen molar-refractivity contribution in [2.75, 3.05) is 18.1 Å². The Hall–Kier alpha value is -0.830. The molecule has 1 saturated heterocycles. The molecular formula is C21H32IN3O2S. The maximum absolute atomic E-state index is 11.7. The van der Waals surface area contributed by atoms with Crippen LogP contribution in [0.1, 0.15) is 43.2 Å². The molecule has 2 N–H and O–H groups in total. The summed E-state index contributed by atoms with van der Waals surface area (Å²) in [6.45, 7) is 3.42. The lowest BCUT2D eigenvalue weighted by Gasteiger charge is -2.26. The first-order chi connectivity index (χ1) is 13.0. The molecule has 4 atom stereocenters. The summed E-state index contributed by atoms with van der Waals surface area (Å²) < 4.78 is 23.4. The number of benzene rings is 1. The van der Waals surface area contributed by atoms with Gasteiger partial charge in [0.2, 0.25) is 0 Å². The van der Waals surface area contributed by atoms with Crippen LogP contribution in [0.4, 0.5) is 0 Å². The monoisotopic (exact) mass is 517 g/mol. The van der Waals surface area contributed by atoms with Crippen LogP contribution in [-0.2, 0) is 16.4 Å². The minimum absolute atomic E-state index is 0. The van der Waals surface area contributed by atoms with Crippen LogP contribution in [0, 0.1) is 24.7 Å². The molecule has 0 aromatic heterocycles. The molecule has 3 aliphatic rings. The first-order valence-electron chi connectivity index (χ1n) is 10.3. The molecule has 2 aliphatic carbocycles. The summed E-state index contributed by atoms with van der Waals surface area (Å²) in [4.78, 5) is 4.82. The molecule has 1 heterocycles. The number of nitrogens with one attached hydrogen (secondary N) is 2. The summed E-state index contributed by atoms with van der Waals surface area (Å²) in [5.74, 6) is 3.33. The van der Waals surface area contributed by atoms with Crippen LogP contribution in [0.15, 0.2) is 29.3 Å². The zero-order valence-electron chi connectivity index (χ0n) is 16.6. The molecule has 0 radical (unpaired) electrons. The SMILES string of the molecule is Cc1cccc(CN=C(NCC2CCS(=O)(=O)C2)NC2CC3CCC2C3)c1.I. The fourth-order valence-corrected chi connectivity index (χ4v) is 6.87. The van der Waals surface area contributed by atoms with E-state index >= 15 is 0 Å². The van der Waals surface area contributed by atoms with Crippen molar-refractivity contribution in [2.24, 2.45) is 22.7 Å². The van der Waals surface area contributed by atoms with Gasteiger partial charge in [-0.2, -0.15) is 0 Å². The highest BCUT2D eigenvalue weighted by atomic mass is 127. The Morgan fingerprint density at radius 1 is 1.21 bits per heavy atom. The third-order valence-corrected chi connectivity index (χ3v) is 8.28. The fraction of sp³-hybridized carbons (Fsp3) is 0.667. The molecule has 2 bridgehead atoms. The van der Waals surface area contributed by atoms with Gasteiger partial charge >= 0.3 is 0 Å². The molecule has 1 aromatic carbocycles. The summed E-state index contributed by atoms with van der Waals surface area (Å²) in [5, 5.41) is 7.11. The van der Waals surface area contributed by atoms with Crippen molar-refractivity contribution >= 4 is 39.8 Å². The van der Waals surface area contributed by atoms with Crippen molar-refractivity contribution < 1.29 is 8.42 Å². The first kappa shape index (κ1) is 21.9. The Morgan fingerprint density at radius 3 is 2.71 bits per heavy atom. The topological polar surface area (TPSA) is 70.6 Å². The van der Waals surface area contributed by atoms with Gasteiger partial charge in [0.15, 0.2) is 15.8 Å². The number of guanidine groups is 1. The van der Waals surface area contributed by atoms with Gasteiger partial charge in [0.25, 0.3) is 0 Å². The number of fused-ring (bicyclic) bond motifs is 2. The van der Waals surface area contributed by atoms with E-state index in [4.69, 9.17) is 4.99 Å². The molecule has 1 aromatic rings. The Bertz CT molecular complexity index is 812. The smallest absolute Gasteiger partial charge is 0.191 e. The Labute approximate surface area is 186 Å². The predicted octanol–water partition coefficient (Wildman–Crippen LogP) is 3.27. The van der Waals surface area contributed by atoms with Gasteiger partial charge in [-0.05, 0) is 55.9 Å². The second kappa shape index (κ2) is 9.32. The van der Waals surface area contributed by atoms with Crippen molar-refractivity contribution in [3.05, 3.63) is 35.4 Å². The van der Waals surface area contributed by atoms with E-state index in [9.17, 15) is 8.42 Å². The van der Waals surface area contributed by atoms with E-state index in [1.54, 1.807) is 0 Å². The van der Waals surface area contributed by atoms with Gasteiger partial charge in [0, 0.05) is 12.6 Å². The summed E-state index contributed by atoms with van der Waals surface area (Å²) in [6.07, 6.45) is 6.06. The third-order valence-electron chi connectivity index (χ3n) is 6.45. The highest BCUT2D eigenvalue weighted by Gasteiger charge is 2.40. The number of hydrogen-bond acceptors (Lipinski definition) is 3. The van der Waals surface area contributed by atoms with E-state index in [0.29, 0.717) is 30.6 Å². The van der Waals surface area contributed by atoms with Crippen LogP contribution < -0.4 is 10.6 Å². The molecule has 5 nitrogen and oxygen atoms in total. The number of halogens is 1. The quantitative estimate of drug-likeness (QED) is 0.358. The lowest BCUT2D eigenvalue weighted by atomic mass is 9.95. The highest BCUT2D eigenvalue weighted by Crippen LogP contribution is 2.44. The Morgan fingerprint density at radius 2 is 2.07 bits per heavy atom. The molecule has 3 fully saturated rings. The third kappa shape index (κ3) is 5.62. The van der Waals surface area contributed by atoms with Crippen molar-refractivity contribution in [3.63, 3.8) is 0 Å². The van der Waals surface area contributed by atoms with Gasteiger partial charge < -0.3 is 10.6 Å². The van der Waals surface area contributed by atoms with E-state index in [2.05, 4.69) is 41.8 Å². The maximum Gasteiger partial charge on any atom is 0.191 e. The van der Waals surface area contributed by atoms with Gasteiger partial charge in [0.1, 0.15) is 0 Å². The summed E-state index contributed by atoms with van der Waals surface area (Å²) in [7, 11) is -2.83. The average molecular weight is 517 g/mol. The summed E-state index contributed by atoms with van der Waals surface area (Å²) >= 11 is 0. The number of nitrogens with zero attached hydrogens (tertiary/aromatic N) is 1. The molecule has 156 valence electrons. The Balaban J connectivity index is 0.00000225.